The van der Waals surface area contributed by atoms with Gasteiger partial charge in [-0.3, -0.25) is 10.2 Å². The molecule has 31 heavy (non-hydrogen) atoms. The number of amides is 1. The van der Waals surface area contributed by atoms with Crippen LogP contribution in [-0.2, 0) is 4.74 Å². The van der Waals surface area contributed by atoms with Crippen molar-refractivity contribution in [1.29, 1.82) is 0 Å². The number of carbonyl (C=O) groups is 1. The van der Waals surface area contributed by atoms with Gasteiger partial charge < -0.3 is 15.0 Å². The molecule has 2 saturated heterocycles. The number of nitrogens with zero attached hydrogens (tertiary/aromatic N) is 2. The van der Waals surface area contributed by atoms with Crippen LogP contribution in [0.5, 0.6) is 0 Å². The van der Waals surface area contributed by atoms with Gasteiger partial charge in [0.25, 0.3) is 5.92 Å². The van der Waals surface area contributed by atoms with Crippen molar-refractivity contribution in [2.45, 2.75) is 83.4 Å². The zero-order chi connectivity index (χ0) is 23.0. The van der Waals surface area contributed by atoms with Gasteiger partial charge in [0.05, 0.1) is 0 Å². The van der Waals surface area contributed by atoms with Gasteiger partial charge in [-0.2, -0.15) is 4.39 Å². The summed E-state index contributed by atoms with van der Waals surface area (Å²) >= 11 is 0. The molecular formula is C24H39FN4O2. The monoisotopic (exact) mass is 434 g/mol. The first-order chi connectivity index (χ1) is 14.3. The molecule has 2 unspecified atom stereocenters. The lowest BCUT2D eigenvalue weighted by Crippen LogP contribution is -2.77. The predicted molar refractivity (Wildman–Crippen MR) is 123 cm³/mol. The number of alkyl halides is 1. The average molecular weight is 435 g/mol. The summed E-state index contributed by atoms with van der Waals surface area (Å²) < 4.78 is 21.9. The normalized spacial score (nSPS) is 27.7. The Balaban J connectivity index is 1.76. The Morgan fingerprint density at radius 2 is 1.77 bits per heavy atom. The van der Waals surface area contributed by atoms with Crippen LogP contribution in [0, 0.1) is 0 Å². The fourth-order valence-corrected chi connectivity index (χ4v) is 4.44. The second-order valence-corrected chi connectivity index (χ2v) is 10.7. The number of likely N-dealkylation sites (tertiary alicyclic amines) is 1. The summed E-state index contributed by atoms with van der Waals surface area (Å²) in [6.45, 7) is 13.3. The summed E-state index contributed by atoms with van der Waals surface area (Å²) in [5.41, 5.74) is 0.162. The molecule has 3 rings (SSSR count). The van der Waals surface area contributed by atoms with Gasteiger partial charge in [-0.1, -0.05) is 12.1 Å². The summed E-state index contributed by atoms with van der Waals surface area (Å²) in [5.74, 6) is -1.46. The molecule has 0 spiro atoms. The minimum atomic E-state index is -2.02. The Morgan fingerprint density at radius 1 is 1.19 bits per heavy atom. The molecule has 2 aliphatic heterocycles. The maximum atomic E-state index is 16.4. The fraction of sp³-hybridized carbons (Fsp3) is 0.708. The molecule has 1 amide bonds. The number of halogens is 1. The van der Waals surface area contributed by atoms with Crippen LogP contribution < -0.4 is 10.6 Å². The van der Waals surface area contributed by atoms with Crippen LogP contribution in [-0.4, -0.2) is 65.7 Å². The van der Waals surface area contributed by atoms with Crippen molar-refractivity contribution < 1.29 is 13.9 Å². The molecule has 7 heteroatoms. The molecule has 1 aromatic carbocycles. The number of piperazine rings is 1. The number of hydrogen-bond donors (Lipinski definition) is 2. The minimum Gasteiger partial charge on any atom is -0.444 e. The van der Waals surface area contributed by atoms with Crippen LogP contribution >= 0.6 is 0 Å². The van der Waals surface area contributed by atoms with Crippen molar-refractivity contribution in [1.82, 2.24) is 15.1 Å². The van der Waals surface area contributed by atoms with Gasteiger partial charge in [0.1, 0.15) is 11.1 Å². The summed E-state index contributed by atoms with van der Waals surface area (Å²) in [7, 11) is 2.16. The number of ether oxygens (including phenoxy) is 1. The second-order valence-electron chi connectivity index (χ2n) is 10.7. The van der Waals surface area contributed by atoms with E-state index in [1.54, 1.807) is 13.8 Å². The van der Waals surface area contributed by atoms with Crippen molar-refractivity contribution in [2.24, 2.45) is 0 Å². The van der Waals surface area contributed by atoms with Crippen molar-refractivity contribution in [2.75, 3.05) is 32.0 Å². The number of nitrogens with one attached hydrogen (secondary N) is 2. The van der Waals surface area contributed by atoms with E-state index in [4.69, 9.17) is 4.74 Å². The van der Waals surface area contributed by atoms with Crippen LogP contribution in [0.25, 0.3) is 0 Å². The van der Waals surface area contributed by atoms with Crippen molar-refractivity contribution in [3.05, 3.63) is 29.8 Å². The molecule has 0 aromatic heterocycles. The van der Waals surface area contributed by atoms with Crippen LogP contribution in [0.1, 0.15) is 65.9 Å². The third-order valence-corrected chi connectivity index (χ3v) is 6.45. The first-order valence-corrected chi connectivity index (χ1v) is 11.3. The topological polar surface area (TPSA) is 56.8 Å². The van der Waals surface area contributed by atoms with Gasteiger partial charge in [0.2, 0.25) is 0 Å². The molecule has 6 nitrogen and oxygen atoms in total. The van der Waals surface area contributed by atoms with Crippen molar-refractivity contribution in [3.63, 3.8) is 0 Å². The van der Waals surface area contributed by atoms with E-state index in [1.807, 2.05) is 39.8 Å². The first-order valence-electron chi connectivity index (χ1n) is 11.3. The molecule has 2 N–H and O–H groups in total. The third kappa shape index (κ3) is 5.32. The smallest absolute Gasteiger partial charge is 0.411 e. The van der Waals surface area contributed by atoms with Crippen LogP contribution in [0.2, 0.25) is 0 Å². The van der Waals surface area contributed by atoms with Gasteiger partial charge in [0.15, 0.2) is 0 Å². The quantitative estimate of drug-likeness (QED) is 0.684. The number of hydrogen-bond acceptors (Lipinski definition) is 5. The minimum absolute atomic E-state index is 0.239. The van der Waals surface area contributed by atoms with E-state index in [0.29, 0.717) is 18.2 Å². The summed E-state index contributed by atoms with van der Waals surface area (Å²) in [6, 6.07) is 7.81. The molecule has 0 radical (unpaired) electrons. The zero-order valence-corrected chi connectivity index (χ0v) is 20.1. The molecule has 2 heterocycles. The fourth-order valence-electron chi connectivity index (χ4n) is 4.44. The predicted octanol–water partition coefficient (Wildman–Crippen LogP) is 4.54. The molecule has 2 fully saturated rings. The van der Waals surface area contributed by atoms with Crippen LogP contribution in [0.15, 0.2) is 24.3 Å². The summed E-state index contributed by atoms with van der Waals surface area (Å²) in [4.78, 5) is 16.7. The third-order valence-electron chi connectivity index (χ3n) is 6.45. The molecule has 0 bridgehead atoms. The highest BCUT2D eigenvalue weighted by molar-refractivity contribution is 5.70. The van der Waals surface area contributed by atoms with E-state index in [-0.39, 0.29) is 6.04 Å². The molecule has 2 aliphatic rings. The van der Waals surface area contributed by atoms with E-state index in [0.717, 1.165) is 25.9 Å². The van der Waals surface area contributed by atoms with Gasteiger partial charge in [0, 0.05) is 18.3 Å². The SMILES string of the molecule is CC1CN(C(=O)OC(C)(C)C)C(C)(C)C(F)(Nc2ccc(C3CCN(C)CC3)cc2)N1. The van der Waals surface area contributed by atoms with Crippen LogP contribution in [0.3, 0.4) is 0 Å². The Hall–Kier alpha value is -1.86. The standard InChI is InChI=1S/C24H39FN4O2/c1-17-16-29(21(30)31-22(2,3)4)23(5,6)24(25,26-17)27-20-10-8-18(9-11-20)19-12-14-28(7)15-13-19/h8-11,17,19,26-27H,12-16H2,1-7H3. The molecule has 174 valence electrons. The Labute approximate surface area is 186 Å². The molecule has 1 aromatic rings. The molecule has 2 atom stereocenters. The maximum Gasteiger partial charge on any atom is 0.411 e. The molecule has 0 saturated carbocycles. The number of benzene rings is 1. The van der Waals surface area contributed by atoms with E-state index >= 15 is 4.39 Å². The number of piperidine rings is 1. The van der Waals surface area contributed by atoms with Crippen LogP contribution in [0.4, 0.5) is 14.9 Å². The number of rotatable bonds is 3. The van der Waals surface area contributed by atoms with E-state index in [2.05, 4.69) is 34.7 Å². The second kappa shape index (κ2) is 8.58. The summed E-state index contributed by atoms with van der Waals surface area (Å²) in [5, 5.41) is 6.06. The van der Waals surface area contributed by atoms with E-state index in [1.165, 1.54) is 10.5 Å². The number of anilines is 1. The lowest BCUT2D eigenvalue weighted by atomic mass is 9.89. The van der Waals surface area contributed by atoms with Gasteiger partial charge in [-0.15, -0.1) is 0 Å². The Morgan fingerprint density at radius 3 is 2.32 bits per heavy atom. The first kappa shape index (κ1) is 23.8. The van der Waals surface area contributed by atoms with Gasteiger partial charge in [-0.25, -0.2) is 4.79 Å². The average Bonchev–Trinajstić information content (AvgIpc) is 2.65. The lowest BCUT2D eigenvalue weighted by molar-refractivity contribution is -0.0887. The molecular weight excluding hydrogens is 395 g/mol. The summed E-state index contributed by atoms with van der Waals surface area (Å²) in [6.07, 6.45) is 1.79. The maximum absolute atomic E-state index is 16.4. The number of carbonyl (C=O) groups excluding carboxylic acids is 1. The largest absolute Gasteiger partial charge is 0.444 e. The van der Waals surface area contributed by atoms with Crippen molar-refractivity contribution in [3.8, 4) is 0 Å². The Bertz CT molecular complexity index is 769. The Kier molecular flexibility index (Phi) is 6.59. The van der Waals surface area contributed by atoms with E-state index < -0.39 is 23.1 Å². The van der Waals surface area contributed by atoms with Gasteiger partial charge in [-0.05, 0) is 98.1 Å². The zero-order valence-electron chi connectivity index (χ0n) is 20.1. The molecule has 0 aliphatic carbocycles. The van der Waals surface area contributed by atoms with E-state index in [9.17, 15) is 4.79 Å². The lowest BCUT2D eigenvalue weighted by Gasteiger charge is -2.53. The highest BCUT2D eigenvalue weighted by atomic mass is 19.2. The highest BCUT2D eigenvalue weighted by Crippen LogP contribution is 2.37. The van der Waals surface area contributed by atoms with Gasteiger partial charge >= 0.3 is 6.09 Å². The highest BCUT2D eigenvalue weighted by Gasteiger charge is 2.56. The van der Waals surface area contributed by atoms with Crippen molar-refractivity contribution >= 4 is 11.8 Å².